The molecule has 0 saturated carbocycles. The average molecular weight is 252 g/mol. The second-order valence-electron chi connectivity index (χ2n) is 5.09. The molecule has 0 bridgehead atoms. The van der Waals surface area contributed by atoms with Crippen LogP contribution in [0.3, 0.4) is 0 Å². The van der Waals surface area contributed by atoms with Crippen molar-refractivity contribution in [3.05, 3.63) is 29.0 Å². The van der Waals surface area contributed by atoms with Crippen molar-refractivity contribution in [3.8, 4) is 0 Å². The molecule has 0 radical (unpaired) electrons. The summed E-state index contributed by atoms with van der Waals surface area (Å²) in [6.45, 7) is 4.55. The highest BCUT2D eigenvalue weighted by molar-refractivity contribution is 6.29. The van der Waals surface area contributed by atoms with Gasteiger partial charge in [-0.1, -0.05) is 11.6 Å². The molecule has 92 valence electrons. The number of hydrogen-bond acceptors (Lipinski definition) is 3. The first-order valence-corrected chi connectivity index (χ1v) is 6.76. The summed E-state index contributed by atoms with van der Waals surface area (Å²) in [5, 5.41) is 4.11. The molecular formula is C13H18ClN3. The molecule has 3 nitrogen and oxygen atoms in total. The third-order valence-corrected chi connectivity index (χ3v) is 4.18. The van der Waals surface area contributed by atoms with Crippen molar-refractivity contribution >= 4 is 11.6 Å². The van der Waals surface area contributed by atoms with Gasteiger partial charge in [0.25, 0.3) is 0 Å². The van der Waals surface area contributed by atoms with Crippen LogP contribution in [0.5, 0.6) is 0 Å². The van der Waals surface area contributed by atoms with Crippen LogP contribution < -0.4 is 5.32 Å². The van der Waals surface area contributed by atoms with Crippen molar-refractivity contribution in [1.82, 2.24) is 15.2 Å². The molecule has 0 aromatic carbocycles. The second-order valence-corrected chi connectivity index (χ2v) is 5.47. The number of piperidine rings is 1. The van der Waals surface area contributed by atoms with Crippen LogP contribution in [-0.2, 0) is 6.54 Å². The van der Waals surface area contributed by atoms with Gasteiger partial charge in [0.2, 0.25) is 0 Å². The zero-order valence-electron chi connectivity index (χ0n) is 9.90. The Morgan fingerprint density at radius 1 is 1.47 bits per heavy atom. The van der Waals surface area contributed by atoms with E-state index in [4.69, 9.17) is 11.6 Å². The molecule has 3 heterocycles. The molecule has 1 aromatic heterocycles. The summed E-state index contributed by atoms with van der Waals surface area (Å²) < 4.78 is 0. The molecule has 2 unspecified atom stereocenters. The number of rotatable bonds is 2. The molecule has 2 aliphatic rings. The van der Waals surface area contributed by atoms with E-state index in [1.807, 2.05) is 6.07 Å². The Morgan fingerprint density at radius 3 is 3.29 bits per heavy atom. The standard InChI is InChI=1S/C13H18ClN3/c14-13-6-10(3-4-16-13)9-17-5-1-2-11-7-15-8-12(11)17/h3-4,6,11-12,15H,1-2,5,7-9H2. The van der Waals surface area contributed by atoms with Crippen molar-refractivity contribution in [2.45, 2.75) is 25.4 Å². The van der Waals surface area contributed by atoms with Gasteiger partial charge in [-0.3, -0.25) is 4.90 Å². The number of nitrogens with one attached hydrogen (secondary N) is 1. The molecule has 2 atom stereocenters. The fourth-order valence-corrected chi connectivity index (χ4v) is 3.33. The van der Waals surface area contributed by atoms with E-state index in [1.165, 1.54) is 31.5 Å². The van der Waals surface area contributed by atoms with E-state index in [2.05, 4.69) is 21.3 Å². The maximum Gasteiger partial charge on any atom is 0.129 e. The summed E-state index contributed by atoms with van der Waals surface area (Å²) in [5.41, 5.74) is 1.28. The van der Waals surface area contributed by atoms with Crippen LogP contribution >= 0.6 is 11.6 Å². The number of pyridine rings is 1. The molecule has 0 aliphatic carbocycles. The van der Waals surface area contributed by atoms with Crippen LogP contribution in [0.4, 0.5) is 0 Å². The zero-order valence-corrected chi connectivity index (χ0v) is 10.7. The minimum atomic E-state index is 0.598. The van der Waals surface area contributed by atoms with Crippen LogP contribution in [0.15, 0.2) is 18.3 Å². The normalized spacial score (nSPS) is 29.2. The second kappa shape index (κ2) is 4.92. The first kappa shape index (κ1) is 11.5. The topological polar surface area (TPSA) is 28.2 Å². The number of hydrogen-bond donors (Lipinski definition) is 1. The lowest BCUT2D eigenvalue weighted by atomic mass is 9.92. The highest BCUT2D eigenvalue weighted by atomic mass is 35.5. The quantitative estimate of drug-likeness (QED) is 0.814. The maximum absolute atomic E-state index is 5.93. The Balaban J connectivity index is 1.71. The lowest BCUT2D eigenvalue weighted by Crippen LogP contribution is -2.44. The van der Waals surface area contributed by atoms with Crippen molar-refractivity contribution in [3.63, 3.8) is 0 Å². The summed E-state index contributed by atoms with van der Waals surface area (Å²) in [6.07, 6.45) is 4.50. The van der Waals surface area contributed by atoms with E-state index < -0.39 is 0 Å². The minimum absolute atomic E-state index is 0.598. The predicted molar refractivity (Wildman–Crippen MR) is 69.0 cm³/mol. The summed E-state index contributed by atoms with van der Waals surface area (Å²) in [4.78, 5) is 6.63. The number of fused-ring (bicyclic) bond motifs is 1. The van der Waals surface area contributed by atoms with E-state index in [0.717, 1.165) is 25.0 Å². The van der Waals surface area contributed by atoms with Gasteiger partial charge in [0, 0.05) is 25.3 Å². The summed E-state index contributed by atoms with van der Waals surface area (Å²) in [7, 11) is 0. The molecule has 3 rings (SSSR count). The van der Waals surface area contributed by atoms with Gasteiger partial charge in [-0.25, -0.2) is 4.98 Å². The fourth-order valence-electron chi connectivity index (χ4n) is 3.14. The zero-order chi connectivity index (χ0) is 11.7. The van der Waals surface area contributed by atoms with Gasteiger partial charge in [0.15, 0.2) is 0 Å². The minimum Gasteiger partial charge on any atom is -0.315 e. The van der Waals surface area contributed by atoms with E-state index in [-0.39, 0.29) is 0 Å². The Bertz CT molecular complexity index is 396. The molecular weight excluding hydrogens is 234 g/mol. The fraction of sp³-hybridized carbons (Fsp3) is 0.615. The van der Waals surface area contributed by atoms with Crippen LogP contribution in [0, 0.1) is 5.92 Å². The molecule has 17 heavy (non-hydrogen) atoms. The third kappa shape index (κ3) is 2.46. The van der Waals surface area contributed by atoms with Crippen LogP contribution in [0.25, 0.3) is 0 Å². The molecule has 4 heteroatoms. The van der Waals surface area contributed by atoms with Crippen LogP contribution in [0.1, 0.15) is 18.4 Å². The van der Waals surface area contributed by atoms with Gasteiger partial charge in [-0.05, 0) is 49.5 Å². The van der Waals surface area contributed by atoms with Crippen LogP contribution in [0.2, 0.25) is 5.15 Å². The van der Waals surface area contributed by atoms with Gasteiger partial charge in [-0.2, -0.15) is 0 Å². The largest absolute Gasteiger partial charge is 0.315 e. The van der Waals surface area contributed by atoms with E-state index in [9.17, 15) is 0 Å². The molecule has 1 N–H and O–H groups in total. The number of aromatic nitrogens is 1. The Morgan fingerprint density at radius 2 is 2.41 bits per heavy atom. The third-order valence-electron chi connectivity index (χ3n) is 3.97. The van der Waals surface area contributed by atoms with Gasteiger partial charge >= 0.3 is 0 Å². The molecule has 2 aliphatic heterocycles. The SMILES string of the molecule is Clc1cc(CN2CCCC3CNCC32)ccn1. The molecule has 2 fully saturated rings. The maximum atomic E-state index is 5.93. The molecule has 0 spiro atoms. The summed E-state index contributed by atoms with van der Waals surface area (Å²) >= 11 is 5.93. The van der Waals surface area contributed by atoms with E-state index >= 15 is 0 Å². The van der Waals surface area contributed by atoms with Crippen molar-refractivity contribution < 1.29 is 0 Å². The highest BCUT2D eigenvalue weighted by Gasteiger charge is 2.34. The van der Waals surface area contributed by atoms with E-state index in [0.29, 0.717) is 5.15 Å². The van der Waals surface area contributed by atoms with E-state index in [1.54, 1.807) is 6.20 Å². The first-order chi connectivity index (χ1) is 8.33. The monoisotopic (exact) mass is 251 g/mol. The van der Waals surface area contributed by atoms with Gasteiger partial charge < -0.3 is 5.32 Å². The molecule has 2 saturated heterocycles. The number of halogens is 1. The van der Waals surface area contributed by atoms with Crippen molar-refractivity contribution in [2.75, 3.05) is 19.6 Å². The summed E-state index contributed by atoms with van der Waals surface area (Å²) in [6, 6.07) is 4.77. The lowest BCUT2D eigenvalue weighted by Gasteiger charge is -2.37. The molecule has 1 aromatic rings. The average Bonchev–Trinajstić information content (AvgIpc) is 2.78. The Kier molecular flexibility index (Phi) is 3.32. The van der Waals surface area contributed by atoms with Gasteiger partial charge in [0.05, 0.1) is 0 Å². The van der Waals surface area contributed by atoms with Crippen LogP contribution in [-0.4, -0.2) is 35.6 Å². The first-order valence-electron chi connectivity index (χ1n) is 6.38. The Labute approximate surface area is 107 Å². The number of likely N-dealkylation sites (tertiary alicyclic amines) is 1. The summed E-state index contributed by atoms with van der Waals surface area (Å²) in [5.74, 6) is 0.848. The highest BCUT2D eigenvalue weighted by Crippen LogP contribution is 2.27. The van der Waals surface area contributed by atoms with Gasteiger partial charge in [0.1, 0.15) is 5.15 Å². The van der Waals surface area contributed by atoms with Gasteiger partial charge in [-0.15, -0.1) is 0 Å². The van der Waals surface area contributed by atoms with Crippen molar-refractivity contribution in [1.29, 1.82) is 0 Å². The lowest BCUT2D eigenvalue weighted by molar-refractivity contribution is 0.117. The van der Waals surface area contributed by atoms with Crippen molar-refractivity contribution in [2.24, 2.45) is 5.92 Å². The smallest absolute Gasteiger partial charge is 0.129 e. The molecule has 0 amide bonds. The Hall–Kier alpha value is -0.640. The predicted octanol–water partition coefficient (Wildman–Crippen LogP) is 1.92. The number of nitrogens with zero attached hydrogens (tertiary/aromatic N) is 2.